The van der Waals surface area contributed by atoms with E-state index in [0.29, 0.717) is 6.04 Å². The molecule has 4 nitrogen and oxygen atoms in total. The summed E-state index contributed by atoms with van der Waals surface area (Å²) in [6, 6.07) is 4.46. The van der Waals surface area contributed by atoms with Gasteiger partial charge in [-0.25, -0.2) is 0 Å². The Kier molecular flexibility index (Phi) is 3.88. The summed E-state index contributed by atoms with van der Waals surface area (Å²) in [5, 5.41) is 7.70. The molecule has 2 heterocycles. The van der Waals surface area contributed by atoms with Crippen LogP contribution in [0.15, 0.2) is 36.9 Å². The summed E-state index contributed by atoms with van der Waals surface area (Å²) < 4.78 is 1.98. The largest absolute Gasteiger partial charge is 0.309 e. The third-order valence-corrected chi connectivity index (χ3v) is 2.59. The normalized spacial score (nSPS) is 11.0. The van der Waals surface area contributed by atoms with Crippen molar-refractivity contribution in [3.05, 3.63) is 48.0 Å². The summed E-state index contributed by atoms with van der Waals surface area (Å²) in [6.45, 7) is 5.95. The van der Waals surface area contributed by atoms with Gasteiger partial charge in [0.15, 0.2) is 0 Å². The van der Waals surface area contributed by atoms with Crippen molar-refractivity contribution >= 4 is 0 Å². The number of nitrogens with zero attached hydrogens (tertiary/aromatic N) is 3. The zero-order valence-electron chi connectivity index (χ0n) is 10.3. The first-order valence-electron chi connectivity index (χ1n) is 5.88. The van der Waals surface area contributed by atoms with Gasteiger partial charge >= 0.3 is 0 Å². The fourth-order valence-corrected chi connectivity index (χ4v) is 1.60. The Morgan fingerprint density at radius 1 is 1.18 bits per heavy atom. The second-order valence-electron chi connectivity index (χ2n) is 4.38. The summed E-state index contributed by atoms with van der Waals surface area (Å²) in [4.78, 5) is 3.99. The summed E-state index contributed by atoms with van der Waals surface area (Å²) in [6.07, 6.45) is 7.63. The Morgan fingerprint density at radius 2 is 1.88 bits per heavy atom. The van der Waals surface area contributed by atoms with E-state index in [9.17, 15) is 0 Å². The average Bonchev–Trinajstić information content (AvgIpc) is 2.79. The molecule has 2 rings (SSSR count). The minimum absolute atomic E-state index is 0.420. The predicted octanol–water partition coefficient (Wildman–Crippen LogP) is 2.15. The van der Waals surface area contributed by atoms with Crippen molar-refractivity contribution in [2.75, 3.05) is 0 Å². The first kappa shape index (κ1) is 11.8. The SMILES string of the molecule is CC(C)n1cc(CNCc2ccncc2)cn1. The zero-order valence-corrected chi connectivity index (χ0v) is 10.3. The number of aromatic nitrogens is 3. The summed E-state index contributed by atoms with van der Waals surface area (Å²) >= 11 is 0. The lowest BCUT2D eigenvalue weighted by molar-refractivity contribution is 0.531. The molecule has 0 aromatic carbocycles. The molecule has 0 saturated carbocycles. The Balaban J connectivity index is 1.82. The monoisotopic (exact) mass is 230 g/mol. The fraction of sp³-hybridized carbons (Fsp3) is 0.385. The number of hydrogen-bond donors (Lipinski definition) is 1. The molecule has 4 heteroatoms. The molecule has 0 amide bonds. The maximum absolute atomic E-state index is 4.31. The molecule has 0 aliphatic carbocycles. The van der Waals surface area contributed by atoms with Crippen molar-refractivity contribution in [2.45, 2.75) is 33.0 Å². The van der Waals surface area contributed by atoms with E-state index in [1.54, 1.807) is 0 Å². The Morgan fingerprint density at radius 3 is 2.53 bits per heavy atom. The molecule has 0 atom stereocenters. The molecule has 0 radical (unpaired) electrons. The summed E-state index contributed by atoms with van der Waals surface area (Å²) in [5.41, 5.74) is 2.46. The van der Waals surface area contributed by atoms with Crippen LogP contribution in [0.2, 0.25) is 0 Å². The van der Waals surface area contributed by atoms with Crippen LogP contribution in [0.25, 0.3) is 0 Å². The number of pyridine rings is 1. The third kappa shape index (κ3) is 3.39. The minimum Gasteiger partial charge on any atom is -0.309 e. The third-order valence-electron chi connectivity index (χ3n) is 2.59. The minimum atomic E-state index is 0.420. The van der Waals surface area contributed by atoms with Gasteiger partial charge in [-0.1, -0.05) is 0 Å². The van der Waals surface area contributed by atoms with E-state index in [-0.39, 0.29) is 0 Å². The van der Waals surface area contributed by atoms with E-state index in [0.717, 1.165) is 13.1 Å². The molecule has 1 N–H and O–H groups in total. The van der Waals surface area contributed by atoms with Gasteiger partial charge in [-0.15, -0.1) is 0 Å². The second kappa shape index (κ2) is 5.59. The molecule has 2 aromatic heterocycles. The van der Waals surface area contributed by atoms with Crippen LogP contribution in [0.1, 0.15) is 31.0 Å². The van der Waals surface area contributed by atoms with Gasteiger partial charge in [0.1, 0.15) is 0 Å². The lowest BCUT2D eigenvalue weighted by atomic mass is 10.2. The highest BCUT2D eigenvalue weighted by molar-refractivity contribution is 5.10. The molecule has 90 valence electrons. The van der Waals surface area contributed by atoms with Crippen molar-refractivity contribution < 1.29 is 0 Å². The first-order chi connectivity index (χ1) is 8.25. The van der Waals surface area contributed by atoms with Crippen LogP contribution >= 0.6 is 0 Å². The van der Waals surface area contributed by atoms with Gasteiger partial charge < -0.3 is 5.32 Å². The van der Waals surface area contributed by atoms with Gasteiger partial charge in [0.25, 0.3) is 0 Å². The van der Waals surface area contributed by atoms with Gasteiger partial charge in [-0.3, -0.25) is 9.67 Å². The predicted molar refractivity (Wildman–Crippen MR) is 67.4 cm³/mol. The zero-order chi connectivity index (χ0) is 12.1. The first-order valence-corrected chi connectivity index (χ1v) is 5.88. The van der Waals surface area contributed by atoms with Crippen LogP contribution in [-0.4, -0.2) is 14.8 Å². The smallest absolute Gasteiger partial charge is 0.0534 e. The van der Waals surface area contributed by atoms with Crippen molar-refractivity contribution in [1.29, 1.82) is 0 Å². The molecular formula is C13H18N4. The highest BCUT2D eigenvalue weighted by Crippen LogP contribution is 2.05. The number of hydrogen-bond acceptors (Lipinski definition) is 3. The van der Waals surface area contributed by atoms with Crippen LogP contribution < -0.4 is 5.32 Å². The number of rotatable bonds is 5. The molecule has 17 heavy (non-hydrogen) atoms. The molecule has 0 aliphatic heterocycles. The topological polar surface area (TPSA) is 42.7 Å². The van der Waals surface area contributed by atoms with Crippen LogP contribution in [0.5, 0.6) is 0 Å². The van der Waals surface area contributed by atoms with Gasteiger partial charge in [0.2, 0.25) is 0 Å². The molecule has 0 bridgehead atoms. The Bertz CT molecular complexity index is 447. The van der Waals surface area contributed by atoms with Crippen molar-refractivity contribution in [2.24, 2.45) is 0 Å². The molecule has 0 saturated heterocycles. The van der Waals surface area contributed by atoms with E-state index >= 15 is 0 Å². The van der Waals surface area contributed by atoms with E-state index in [1.807, 2.05) is 35.4 Å². The molecule has 0 unspecified atom stereocenters. The van der Waals surface area contributed by atoms with Gasteiger partial charge in [0.05, 0.1) is 6.20 Å². The summed E-state index contributed by atoms with van der Waals surface area (Å²) in [7, 11) is 0. The lowest BCUT2D eigenvalue weighted by Gasteiger charge is -2.04. The molecule has 0 aliphatic rings. The van der Waals surface area contributed by atoms with Crippen LogP contribution in [0.4, 0.5) is 0 Å². The lowest BCUT2D eigenvalue weighted by Crippen LogP contribution is -2.12. The highest BCUT2D eigenvalue weighted by atomic mass is 15.3. The number of nitrogens with one attached hydrogen (secondary N) is 1. The Hall–Kier alpha value is -1.68. The maximum Gasteiger partial charge on any atom is 0.0534 e. The van der Waals surface area contributed by atoms with Crippen molar-refractivity contribution in [3.8, 4) is 0 Å². The second-order valence-corrected chi connectivity index (χ2v) is 4.38. The van der Waals surface area contributed by atoms with E-state index < -0.39 is 0 Å². The van der Waals surface area contributed by atoms with E-state index in [1.165, 1.54) is 11.1 Å². The van der Waals surface area contributed by atoms with Crippen LogP contribution in [-0.2, 0) is 13.1 Å². The molecule has 0 fully saturated rings. The highest BCUT2D eigenvalue weighted by Gasteiger charge is 2.01. The van der Waals surface area contributed by atoms with Gasteiger partial charge in [0, 0.05) is 43.3 Å². The fourth-order valence-electron chi connectivity index (χ4n) is 1.60. The average molecular weight is 230 g/mol. The van der Waals surface area contributed by atoms with Gasteiger partial charge in [-0.05, 0) is 31.5 Å². The van der Waals surface area contributed by atoms with Crippen molar-refractivity contribution in [3.63, 3.8) is 0 Å². The van der Waals surface area contributed by atoms with Gasteiger partial charge in [-0.2, -0.15) is 5.10 Å². The molecule has 0 spiro atoms. The maximum atomic E-state index is 4.31. The molecule has 2 aromatic rings. The van der Waals surface area contributed by atoms with Crippen LogP contribution in [0, 0.1) is 0 Å². The van der Waals surface area contributed by atoms with Crippen LogP contribution in [0.3, 0.4) is 0 Å². The van der Waals surface area contributed by atoms with Crippen molar-refractivity contribution in [1.82, 2.24) is 20.1 Å². The van der Waals surface area contributed by atoms with E-state index in [2.05, 4.69) is 35.4 Å². The molecular weight excluding hydrogens is 212 g/mol. The standard InChI is InChI=1S/C13H18N4/c1-11(2)17-10-13(9-16-17)8-15-7-12-3-5-14-6-4-12/h3-6,9-11,15H,7-8H2,1-2H3. The van der Waals surface area contributed by atoms with E-state index in [4.69, 9.17) is 0 Å². The Labute approximate surface area is 102 Å². The quantitative estimate of drug-likeness (QED) is 0.855. The summed E-state index contributed by atoms with van der Waals surface area (Å²) in [5.74, 6) is 0.